The van der Waals surface area contributed by atoms with Crippen LogP contribution in [0.15, 0.2) is 24.3 Å². The van der Waals surface area contributed by atoms with Gasteiger partial charge < -0.3 is 10.2 Å². The summed E-state index contributed by atoms with van der Waals surface area (Å²) in [5, 5.41) is 4.02. The van der Waals surface area contributed by atoms with Gasteiger partial charge in [0, 0.05) is 23.7 Å². The zero-order valence-electron chi connectivity index (χ0n) is 11.4. The second-order valence-electron chi connectivity index (χ2n) is 5.04. The maximum atomic E-state index is 12.4. The van der Waals surface area contributed by atoms with Crippen LogP contribution < -0.4 is 5.32 Å². The molecule has 0 radical (unpaired) electrons. The number of rotatable bonds is 4. The molecule has 0 bridgehead atoms. The number of carbonyl (C=O) groups is 1. The summed E-state index contributed by atoms with van der Waals surface area (Å²) >= 11 is 5.85. The van der Waals surface area contributed by atoms with E-state index >= 15 is 0 Å². The number of carbonyl (C=O) groups excluding carboxylic acids is 1. The van der Waals surface area contributed by atoms with Crippen LogP contribution in [0.3, 0.4) is 0 Å². The van der Waals surface area contributed by atoms with Crippen molar-refractivity contribution in [1.82, 2.24) is 10.2 Å². The van der Waals surface area contributed by atoms with Crippen molar-refractivity contribution in [2.45, 2.75) is 19.8 Å². The Bertz CT molecular complexity index is 413. The highest BCUT2D eigenvalue weighted by atomic mass is 35.5. The SMILES string of the molecule is CCN(CC1CCNCC1)C(=O)c1ccc(Cl)cc1. The average molecular weight is 281 g/mol. The fraction of sp³-hybridized carbons (Fsp3) is 0.533. The van der Waals surface area contributed by atoms with Crippen LogP contribution in [0.4, 0.5) is 0 Å². The monoisotopic (exact) mass is 280 g/mol. The molecule has 0 saturated carbocycles. The third kappa shape index (κ3) is 3.95. The van der Waals surface area contributed by atoms with E-state index in [1.165, 1.54) is 0 Å². The van der Waals surface area contributed by atoms with Crippen molar-refractivity contribution in [3.8, 4) is 0 Å². The number of halogens is 1. The van der Waals surface area contributed by atoms with E-state index in [2.05, 4.69) is 5.32 Å². The summed E-state index contributed by atoms with van der Waals surface area (Å²) in [6, 6.07) is 7.14. The number of piperidine rings is 1. The maximum Gasteiger partial charge on any atom is 0.253 e. The number of hydrogen-bond acceptors (Lipinski definition) is 2. The van der Waals surface area contributed by atoms with Crippen LogP contribution in [0.25, 0.3) is 0 Å². The zero-order valence-corrected chi connectivity index (χ0v) is 12.1. The van der Waals surface area contributed by atoms with E-state index in [0.717, 1.165) is 44.6 Å². The number of nitrogens with one attached hydrogen (secondary N) is 1. The topological polar surface area (TPSA) is 32.3 Å². The van der Waals surface area contributed by atoms with Gasteiger partial charge in [-0.25, -0.2) is 0 Å². The van der Waals surface area contributed by atoms with Crippen molar-refractivity contribution >= 4 is 17.5 Å². The first-order chi connectivity index (χ1) is 9.20. The lowest BCUT2D eigenvalue weighted by Crippen LogP contribution is -2.39. The lowest BCUT2D eigenvalue weighted by atomic mass is 9.97. The van der Waals surface area contributed by atoms with Gasteiger partial charge in [-0.15, -0.1) is 0 Å². The first kappa shape index (κ1) is 14.4. The minimum atomic E-state index is 0.109. The molecule has 4 heteroatoms. The molecule has 0 unspecified atom stereocenters. The largest absolute Gasteiger partial charge is 0.339 e. The molecule has 0 atom stereocenters. The molecule has 1 N–H and O–H groups in total. The van der Waals surface area contributed by atoms with Crippen LogP contribution in [0.5, 0.6) is 0 Å². The fourth-order valence-electron chi connectivity index (χ4n) is 2.51. The quantitative estimate of drug-likeness (QED) is 0.920. The van der Waals surface area contributed by atoms with Crippen LogP contribution in [0.1, 0.15) is 30.1 Å². The first-order valence-corrected chi connectivity index (χ1v) is 7.34. The van der Waals surface area contributed by atoms with Crippen molar-refractivity contribution in [3.05, 3.63) is 34.9 Å². The zero-order chi connectivity index (χ0) is 13.7. The standard InChI is InChI=1S/C15H21ClN2O/c1-2-18(11-12-7-9-17-10-8-12)15(19)13-3-5-14(16)6-4-13/h3-6,12,17H,2,7-11H2,1H3. The van der Waals surface area contributed by atoms with E-state index in [1.807, 2.05) is 11.8 Å². The molecule has 1 fully saturated rings. The Kier molecular flexibility index (Phi) is 5.23. The van der Waals surface area contributed by atoms with Crippen LogP contribution >= 0.6 is 11.6 Å². The van der Waals surface area contributed by atoms with Gasteiger partial charge in [-0.1, -0.05) is 11.6 Å². The van der Waals surface area contributed by atoms with E-state index in [-0.39, 0.29) is 5.91 Å². The Morgan fingerprint density at radius 2 is 1.95 bits per heavy atom. The fourth-order valence-corrected chi connectivity index (χ4v) is 2.63. The second kappa shape index (κ2) is 6.92. The first-order valence-electron chi connectivity index (χ1n) is 6.96. The van der Waals surface area contributed by atoms with Crippen LogP contribution in [0, 0.1) is 5.92 Å². The van der Waals surface area contributed by atoms with Gasteiger partial charge in [0.1, 0.15) is 0 Å². The molecular weight excluding hydrogens is 260 g/mol. The molecule has 19 heavy (non-hydrogen) atoms. The molecule has 1 amide bonds. The van der Waals surface area contributed by atoms with E-state index in [1.54, 1.807) is 24.3 Å². The van der Waals surface area contributed by atoms with Gasteiger partial charge in [0.25, 0.3) is 5.91 Å². The Labute approximate surface area is 119 Å². The molecule has 1 aromatic rings. The van der Waals surface area contributed by atoms with Gasteiger partial charge in [-0.2, -0.15) is 0 Å². The molecule has 104 valence electrons. The van der Waals surface area contributed by atoms with Crippen molar-refractivity contribution < 1.29 is 4.79 Å². The molecule has 1 aromatic carbocycles. The minimum absolute atomic E-state index is 0.109. The Morgan fingerprint density at radius 1 is 1.32 bits per heavy atom. The van der Waals surface area contributed by atoms with E-state index in [9.17, 15) is 4.79 Å². The lowest BCUT2D eigenvalue weighted by Gasteiger charge is -2.29. The summed E-state index contributed by atoms with van der Waals surface area (Å²) in [7, 11) is 0. The molecular formula is C15H21ClN2O. The van der Waals surface area contributed by atoms with Gasteiger partial charge in [0.15, 0.2) is 0 Å². The Morgan fingerprint density at radius 3 is 2.53 bits per heavy atom. The second-order valence-corrected chi connectivity index (χ2v) is 5.48. The minimum Gasteiger partial charge on any atom is -0.339 e. The van der Waals surface area contributed by atoms with Crippen molar-refractivity contribution in [2.75, 3.05) is 26.2 Å². The van der Waals surface area contributed by atoms with Gasteiger partial charge in [-0.3, -0.25) is 4.79 Å². The highest BCUT2D eigenvalue weighted by Crippen LogP contribution is 2.16. The Hall–Kier alpha value is -1.06. The summed E-state index contributed by atoms with van der Waals surface area (Å²) in [5.41, 5.74) is 0.722. The van der Waals surface area contributed by atoms with Gasteiger partial charge in [-0.05, 0) is 63.0 Å². The number of hydrogen-bond donors (Lipinski definition) is 1. The molecule has 0 aromatic heterocycles. The molecule has 0 aliphatic carbocycles. The summed E-state index contributed by atoms with van der Waals surface area (Å²) < 4.78 is 0. The van der Waals surface area contributed by atoms with Crippen LogP contribution in [-0.2, 0) is 0 Å². The lowest BCUT2D eigenvalue weighted by molar-refractivity contribution is 0.0727. The number of nitrogens with zero attached hydrogens (tertiary/aromatic N) is 1. The number of amides is 1. The van der Waals surface area contributed by atoms with Gasteiger partial charge in [0.05, 0.1) is 0 Å². The van der Waals surface area contributed by atoms with Crippen molar-refractivity contribution in [2.24, 2.45) is 5.92 Å². The molecule has 2 rings (SSSR count). The highest BCUT2D eigenvalue weighted by molar-refractivity contribution is 6.30. The van der Waals surface area contributed by atoms with Crippen LogP contribution in [-0.4, -0.2) is 37.0 Å². The number of benzene rings is 1. The predicted octanol–water partition coefficient (Wildman–Crippen LogP) is 2.80. The Balaban J connectivity index is 1.99. The van der Waals surface area contributed by atoms with E-state index < -0.39 is 0 Å². The van der Waals surface area contributed by atoms with Gasteiger partial charge >= 0.3 is 0 Å². The molecule has 1 aliphatic heterocycles. The van der Waals surface area contributed by atoms with E-state index in [0.29, 0.717) is 10.9 Å². The summed E-state index contributed by atoms with van der Waals surface area (Å²) in [4.78, 5) is 14.4. The highest BCUT2D eigenvalue weighted by Gasteiger charge is 2.20. The molecule has 1 aliphatic rings. The smallest absolute Gasteiger partial charge is 0.253 e. The normalized spacial score (nSPS) is 16.3. The summed E-state index contributed by atoms with van der Waals surface area (Å²) in [6.45, 7) is 5.79. The molecule has 1 heterocycles. The van der Waals surface area contributed by atoms with Crippen LogP contribution in [0.2, 0.25) is 5.02 Å². The summed E-state index contributed by atoms with van der Waals surface area (Å²) in [6.07, 6.45) is 2.31. The molecule has 3 nitrogen and oxygen atoms in total. The van der Waals surface area contributed by atoms with Crippen molar-refractivity contribution in [3.63, 3.8) is 0 Å². The average Bonchev–Trinajstić information content (AvgIpc) is 2.46. The third-order valence-corrected chi connectivity index (χ3v) is 3.95. The van der Waals surface area contributed by atoms with E-state index in [4.69, 9.17) is 11.6 Å². The predicted molar refractivity (Wildman–Crippen MR) is 78.6 cm³/mol. The van der Waals surface area contributed by atoms with Gasteiger partial charge in [0.2, 0.25) is 0 Å². The third-order valence-electron chi connectivity index (χ3n) is 3.70. The van der Waals surface area contributed by atoms with Crippen molar-refractivity contribution in [1.29, 1.82) is 0 Å². The summed E-state index contributed by atoms with van der Waals surface area (Å²) in [5.74, 6) is 0.732. The maximum absolute atomic E-state index is 12.4. The molecule has 1 saturated heterocycles. The molecule has 0 spiro atoms.